The summed E-state index contributed by atoms with van der Waals surface area (Å²) in [6.07, 6.45) is 6.83. The van der Waals surface area contributed by atoms with Crippen LogP contribution in [0.4, 0.5) is 4.39 Å². The quantitative estimate of drug-likeness (QED) is 0.424. The van der Waals surface area contributed by atoms with E-state index in [1.54, 1.807) is 12.1 Å². The van der Waals surface area contributed by atoms with Gasteiger partial charge in [0, 0.05) is 22.5 Å². The van der Waals surface area contributed by atoms with Crippen molar-refractivity contribution in [2.45, 2.75) is 51.9 Å². The van der Waals surface area contributed by atoms with Crippen LogP contribution in [0.2, 0.25) is 0 Å². The van der Waals surface area contributed by atoms with Gasteiger partial charge in [0.05, 0.1) is 18.0 Å². The molecule has 3 aromatic rings. The molecule has 5 rings (SSSR count). The number of nitrogens with zero attached hydrogens (tertiary/aromatic N) is 1. The van der Waals surface area contributed by atoms with Crippen molar-refractivity contribution in [1.82, 2.24) is 4.98 Å². The number of benzene rings is 2. The van der Waals surface area contributed by atoms with Crippen molar-refractivity contribution < 1.29 is 9.13 Å². The van der Waals surface area contributed by atoms with E-state index in [2.05, 4.69) is 45.9 Å². The van der Waals surface area contributed by atoms with Crippen LogP contribution < -0.4 is 4.74 Å². The number of hydrogen-bond donors (Lipinski definition) is 0. The minimum Gasteiger partial charge on any atom is -0.492 e. The lowest BCUT2D eigenvalue weighted by molar-refractivity contribution is 0.246. The van der Waals surface area contributed by atoms with Gasteiger partial charge in [-0.3, -0.25) is 4.98 Å². The molecule has 0 N–H and O–H groups in total. The highest BCUT2D eigenvalue weighted by Crippen LogP contribution is 2.51. The van der Waals surface area contributed by atoms with Crippen LogP contribution in [0.3, 0.4) is 0 Å². The standard InChI is InChI=1S/C29H30FNO/c1-18(2)9-16-23-25(19-12-14-21(30)15-13-19)26-28(31-27(23)20-10-11-20)22-7-5-6-8-24(22)32-17-29(26,3)4/h5-9,12-16,18,20H,10-11,17H2,1-4H3/b16-9+. The van der Waals surface area contributed by atoms with E-state index in [-0.39, 0.29) is 11.2 Å². The summed E-state index contributed by atoms with van der Waals surface area (Å²) in [4.78, 5) is 5.35. The zero-order valence-corrected chi connectivity index (χ0v) is 19.3. The molecule has 0 amide bonds. The molecule has 1 saturated carbocycles. The van der Waals surface area contributed by atoms with Gasteiger partial charge < -0.3 is 4.74 Å². The van der Waals surface area contributed by atoms with Crippen LogP contribution in [-0.2, 0) is 5.41 Å². The van der Waals surface area contributed by atoms with Crippen molar-refractivity contribution in [3.05, 3.63) is 77.2 Å². The monoisotopic (exact) mass is 427 g/mol. The van der Waals surface area contributed by atoms with E-state index in [9.17, 15) is 4.39 Å². The van der Waals surface area contributed by atoms with Gasteiger partial charge in [0.25, 0.3) is 0 Å². The van der Waals surface area contributed by atoms with Crippen LogP contribution in [0.15, 0.2) is 54.6 Å². The van der Waals surface area contributed by atoms with E-state index in [0.29, 0.717) is 18.4 Å². The number of halogens is 1. The fourth-order valence-electron chi connectivity index (χ4n) is 4.63. The molecule has 0 spiro atoms. The average molecular weight is 428 g/mol. The number of ether oxygens (including phenoxy) is 1. The molecule has 0 atom stereocenters. The Morgan fingerprint density at radius 2 is 1.78 bits per heavy atom. The summed E-state index contributed by atoms with van der Waals surface area (Å²) < 4.78 is 20.2. The number of allylic oxidation sites excluding steroid dienone is 1. The number of pyridine rings is 1. The molecule has 2 aromatic carbocycles. The maximum Gasteiger partial charge on any atom is 0.128 e. The Bertz CT molecular complexity index is 1190. The third kappa shape index (κ3) is 3.74. The molecule has 2 heterocycles. The van der Waals surface area contributed by atoms with Gasteiger partial charge in [-0.1, -0.05) is 64.1 Å². The second-order valence-electron chi connectivity index (χ2n) is 10.1. The SMILES string of the molecule is CC(C)/C=C/c1c(C2CC2)nc2c(c1-c1ccc(F)cc1)C(C)(C)COc1ccccc1-2. The van der Waals surface area contributed by atoms with Crippen molar-refractivity contribution in [3.63, 3.8) is 0 Å². The van der Waals surface area contributed by atoms with Crippen molar-refractivity contribution in [2.24, 2.45) is 5.92 Å². The summed E-state index contributed by atoms with van der Waals surface area (Å²) in [7, 11) is 0. The summed E-state index contributed by atoms with van der Waals surface area (Å²) in [5.41, 5.74) is 7.49. The van der Waals surface area contributed by atoms with Gasteiger partial charge in [-0.2, -0.15) is 0 Å². The van der Waals surface area contributed by atoms with E-state index >= 15 is 0 Å². The van der Waals surface area contributed by atoms with E-state index in [0.717, 1.165) is 28.3 Å². The molecule has 0 radical (unpaired) electrons. The molecule has 1 aliphatic heterocycles. The van der Waals surface area contributed by atoms with Crippen LogP contribution in [0, 0.1) is 11.7 Å². The van der Waals surface area contributed by atoms with E-state index in [1.807, 2.05) is 30.3 Å². The van der Waals surface area contributed by atoms with Crippen LogP contribution >= 0.6 is 0 Å². The molecule has 32 heavy (non-hydrogen) atoms. The van der Waals surface area contributed by atoms with Gasteiger partial charge in [-0.25, -0.2) is 4.39 Å². The van der Waals surface area contributed by atoms with Crippen molar-refractivity contribution in [2.75, 3.05) is 6.61 Å². The second kappa shape index (κ2) is 7.88. The highest BCUT2D eigenvalue weighted by molar-refractivity contribution is 5.87. The minimum atomic E-state index is -0.270. The third-order valence-corrected chi connectivity index (χ3v) is 6.42. The first-order valence-electron chi connectivity index (χ1n) is 11.6. The number of fused-ring (bicyclic) bond motifs is 3. The van der Waals surface area contributed by atoms with Crippen molar-refractivity contribution >= 4 is 6.08 Å². The Kier molecular flexibility index (Phi) is 5.16. The number of rotatable bonds is 4. The fourth-order valence-corrected chi connectivity index (χ4v) is 4.63. The van der Waals surface area contributed by atoms with Gasteiger partial charge in [-0.15, -0.1) is 0 Å². The smallest absolute Gasteiger partial charge is 0.128 e. The second-order valence-corrected chi connectivity index (χ2v) is 10.1. The first kappa shape index (κ1) is 20.9. The maximum atomic E-state index is 13.9. The number of aromatic nitrogens is 1. The summed E-state index contributed by atoms with van der Waals surface area (Å²) in [6.45, 7) is 9.38. The average Bonchev–Trinajstić information content (AvgIpc) is 3.61. The van der Waals surface area contributed by atoms with Gasteiger partial charge in [0.15, 0.2) is 0 Å². The third-order valence-electron chi connectivity index (χ3n) is 6.42. The predicted octanol–water partition coefficient (Wildman–Crippen LogP) is 7.77. The lowest BCUT2D eigenvalue weighted by atomic mass is 9.76. The highest BCUT2D eigenvalue weighted by atomic mass is 19.1. The lowest BCUT2D eigenvalue weighted by Crippen LogP contribution is -2.27. The Balaban J connectivity index is 1.91. The summed E-state index contributed by atoms with van der Waals surface area (Å²) in [5, 5.41) is 0. The van der Waals surface area contributed by atoms with Gasteiger partial charge in [0.1, 0.15) is 11.6 Å². The maximum absolute atomic E-state index is 13.9. The van der Waals surface area contributed by atoms with Gasteiger partial charge in [0.2, 0.25) is 0 Å². The molecule has 1 fully saturated rings. The van der Waals surface area contributed by atoms with E-state index in [1.165, 1.54) is 29.5 Å². The molecular weight excluding hydrogens is 397 g/mol. The summed E-state index contributed by atoms with van der Waals surface area (Å²) in [6, 6.07) is 15.1. The predicted molar refractivity (Wildman–Crippen MR) is 129 cm³/mol. The van der Waals surface area contributed by atoms with E-state index in [4.69, 9.17) is 9.72 Å². The molecule has 1 aromatic heterocycles. The number of para-hydroxylation sites is 1. The molecule has 2 nitrogen and oxygen atoms in total. The first-order valence-corrected chi connectivity index (χ1v) is 11.6. The van der Waals surface area contributed by atoms with Crippen LogP contribution in [-0.4, -0.2) is 11.6 Å². The highest BCUT2D eigenvalue weighted by Gasteiger charge is 2.38. The summed E-state index contributed by atoms with van der Waals surface area (Å²) >= 11 is 0. The topological polar surface area (TPSA) is 22.1 Å². The molecule has 0 bridgehead atoms. The van der Waals surface area contributed by atoms with Crippen LogP contribution in [0.25, 0.3) is 28.5 Å². The Morgan fingerprint density at radius 3 is 2.47 bits per heavy atom. The normalized spacial score (nSPS) is 17.1. The molecule has 1 aliphatic carbocycles. The molecule has 0 saturated heterocycles. The van der Waals surface area contributed by atoms with Crippen molar-refractivity contribution in [3.8, 4) is 28.1 Å². The first-order chi connectivity index (χ1) is 15.3. The van der Waals surface area contributed by atoms with E-state index < -0.39 is 0 Å². The molecule has 0 unspecified atom stereocenters. The van der Waals surface area contributed by atoms with Gasteiger partial charge in [-0.05, 0) is 59.7 Å². The molecular formula is C29H30FNO. The van der Waals surface area contributed by atoms with Gasteiger partial charge >= 0.3 is 0 Å². The zero-order valence-electron chi connectivity index (χ0n) is 19.3. The van der Waals surface area contributed by atoms with Crippen molar-refractivity contribution in [1.29, 1.82) is 0 Å². The molecule has 164 valence electrons. The zero-order chi connectivity index (χ0) is 22.5. The molecule has 3 heteroatoms. The Hall–Kier alpha value is -2.94. The lowest BCUT2D eigenvalue weighted by Gasteiger charge is -2.29. The number of hydrogen-bond acceptors (Lipinski definition) is 2. The van der Waals surface area contributed by atoms with Crippen LogP contribution in [0.5, 0.6) is 5.75 Å². The Morgan fingerprint density at radius 1 is 1.06 bits per heavy atom. The summed E-state index contributed by atoms with van der Waals surface area (Å²) in [5.74, 6) is 1.57. The molecule has 2 aliphatic rings. The van der Waals surface area contributed by atoms with Crippen LogP contribution in [0.1, 0.15) is 63.3 Å². The minimum absolute atomic E-state index is 0.219. The fraction of sp³-hybridized carbons (Fsp3) is 0.345. The Labute approximate surface area is 190 Å². The largest absolute Gasteiger partial charge is 0.492 e.